The molecule has 0 aromatic heterocycles. The average Bonchev–Trinajstić information content (AvgIpc) is 2.41. The number of benzene rings is 1. The number of hydrogen-bond acceptors (Lipinski definition) is 5. The molecule has 0 bridgehead atoms. The summed E-state index contributed by atoms with van der Waals surface area (Å²) in [5.74, 6) is -1.73. The van der Waals surface area contributed by atoms with Crippen molar-refractivity contribution in [2.24, 2.45) is 0 Å². The van der Waals surface area contributed by atoms with Gasteiger partial charge in [-0.3, -0.25) is 29.8 Å². The molecule has 0 saturated carbocycles. The SMILES string of the molecule is Cc1cc(C(=O)N2CC(=O)NC(=O)C2C)cc([N+](=O)[O-])c1. The maximum Gasteiger partial charge on any atom is 0.270 e. The first kappa shape index (κ1) is 14.6. The van der Waals surface area contributed by atoms with Crippen LogP contribution in [-0.2, 0) is 9.59 Å². The van der Waals surface area contributed by atoms with Crippen molar-refractivity contribution in [2.75, 3.05) is 6.54 Å². The third kappa shape index (κ3) is 2.88. The first-order valence-electron chi connectivity index (χ1n) is 6.20. The van der Waals surface area contributed by atoms with Gasteiger partial charge in [-0.1, -0.05) is 0 Å². The van der Waals surface area contributed by atoms with Crippen molar-refractivity contribution in [3.05, 3.63) is 39.4 Å². The van der Waals surface area contributed by atoms with Gasteiger partial charge in [-0.15, -0.1) is 0 Å². The summed E-state index contributed by atoms with van der Waals surface area (Å²) in [7, 11) is 0. The zero-order valence-corrected chi connectivity index (χ0v) is 11.5. The molecular formula is C13H13N3O5. The van der Waals surface area contributed by atoms with Crippen LogP contribution >= 0.6 is 0 Å². The second-order valence-electron chi connectivity index (χ2n) is 4.84. The number of rotatable bonds is 2. The Morgan fingerprint density at radius 3 is 2.67 bits per heavy atom. The fraction of sp³-hybridized carbons (Fsp3) is 0.308. The van der Waals surface area contributed by atoms with Gasteiger partial charge in [0.2, 0.25) is 11.8 Å². The summed E-state index contributed by atoms with van der Waals surface area (Å²) in [4.78, 5) is 46.7. The van der Waals surface area contributed by atoms with Crippen molar-refractivity contribution in [3.63, 3.8) is 0 Å². The van der Waals surface area contributed by atoms with Crippen LogP contribution in [0.1, 0.15) is 22.8 Å². The molecule has 1 saturated heterocycles. The summed E-state index contributed by atoms with van der Waals surface area (Å²) in [5.41, 5.74) is 0.419. The lowest BCUT2D eigenvalue weighted by molar-refractivity contribution is -0.384. The molecule has 110 valence electrons. The molecule has 3 amide bonds. The highest BCUT2D eigenvalue weighted by Crippen LogP contribution is 2.19. The Hall–Kier alpha value is -2.77. The van der Waals surface area contributed by atoms with Gasteiger partial charge in [0.15, 0.2) is 0 Å². The largest absolute Gasteiger partial charge is 0.318 e. The van der Waals surface area contributed by atoms with E-state index < -0.39 is 28.7 Å². The molecule has 2 rings (SSSR count). The Morgan fingerprint density at radius 1 is 1.38 bits per heavy atom. The summed E-state index contributed by atoms with van der Waals surface area (Å²) in [5, 5.41) is 13.0. The lowest BCUT2D eigenvalue weighted by Crippen LogP contribution is -2.58. The van der Waals surface area contributed by atoms with Crippen molar-refractivity contribution in [1.29, 1.82) is 0 Å². The molecule has 1 aromatic carbocycles. The van der Waals surface area contributed by atoms with Gasteiger partial charge >= 0.3 is 0 Å². The molecule has 0 aliphatic carbocycles. The van der Waals surface area contributed by atoms with Gasteiger partial charge in [-0.2, -0.15) is 0 Å². The summed E-state index contributed by atoms with van der Waals surface area (Å²) in [6.45, 7) is 2.86. The second-order valence-corrected chi connectivity index (χ2v) is 4.84. The smallest absolute Gasteiger partial charge is 0.270 e. The fourth-order valence-electron chi connectivity index (χ4n) is 2.12. The molecule has 1 atom stereocenters. The zero-order chi connectivity index (χ0) is 15.7. The number of non-ortho nitro benzene ring substituents is 1. The minimum absolute atomic E-state index is 0.0797. The number of piperazine rings is 1. The number of carbonyl (C=O) groups excluding carboxylic acids is 3. The normalized spacial score (nSPS) is 18.4. The van der Waals surface area contributed by atoms with E-state index in [2.05, 4.69) is 5.32 Å². The molecule has 8 heteroatoms. The van der Waals surface area contributed by atoms with Crippen LogP contribution < -0.4 is 5.32 Å². The number of nitrogens with one attached hydrogen (secondary N) is 1. The Morgan fingerprint density at radius 2 is 2.05 bits per heavy atom. The van der Waals surface area contributed by atoms with Crippen molar-refractivity contribution in [3.8, 4) is 0 Å². The van der Waals surface area contributed by atoms with E-state index in [4.69, 9.17) is 0 Å². The van der Waals surface area contributed by atoms with Gasteiger partial charge in [0.1, 0.15) is 12.6 Å². The van der Waals surface area contributed by atoms with Gasteiger partial charge in [0.05, 0.1) is 4.92 Å². The quantitative estimate of drug-likeness (QED) is 0.481. The molecule has 1 aliphatic rings. The zero-order valence-electron chi connectivity index (χ0n) is 11.5. The first-order valence-corrected chi connectivity index (χ1v) is 6.20. The monoisotopic (exact) mass is 291 g/mol. The minimum Gasteiger partial charge on any atom is -0.318 e. The fourth-order valence-corrected chi connectivity index (χ4v) is 2.12. The summed E-state index contributed by atoms with van der Waals surface area (Å²) in [6.07, 6.45) is 0. The van der Waals surface area contributed by atoms with Crippen molar-refractivity contribution >= 4 is 23.4 Å². The van der Waals surface area contributed by atoms with Gasteiger partial charge in [0.25, 0.3) is 11.6 Å². The predicted molar refractivity (Wildman–Crippen MR) is 71.5 cm³/mol. The molecule has 8 nitrogen and oxygen atoms in total. The number of hydrogen-bond donors (Lipinski definition) is 1. The standard InChI is InChI=1S/C13H13N3O5/c1-7-3-9(5-10(4-7)16(20)21)13(19)15-6-11(17)14-12(18)8(15)2/h3-5,8H,6H2,1-2H3,(H,14,17,18). The lowest BCUT2D eigenvalue weighted by Gasteiger charge is -2.31. The number of amides is 3. The molecular weight excluding hydrogens is 278 g/mol. The number of imide groups is 1. The highest BCUT2D eigenvalue weighted by molar-refractivity contribution is 6.07. The Kier molecular flexibility index (Phi) is 3.70. The van der Waals surface area contributed by atoms with Crippen molar-refractivity contribution in [1.82, 2.24) is 10.2 Å². The van der Waals surface area contributed by atoms with E-state index in [1.165, 1.54) is 19.1 Å². The van der Waals surface area contributed by atoms with Crippen LogP contribution in [0.2, 0.25) is 0 Å². The number of aryl methyl sites for hydroxylation is 1. The van der Waals surface area contributed by atoms with Crippen molar-refractivity contribution < 1.29 is 19.3 Å². The van der Waals surface area contributed by atoms with E-state index in [1.54, 1.807) is 6.92 Å². The summed E-state index contributed by atoms with van der Waals surface area (Å²) >= 11 is 0. The molecule has 1 fully saturated rings. The van der Waals surface area contributed by atoms with E-state index in [9.17, 15) is 24.5 Å². The molecule has 0 radical (unpaired) electrons. The highest BCUT2D eigenvalue weighted by Gasteiger charge is 2.34. The van der Waals surface area contributed by atoms with Crippen LogP contribution in [0.25, 0.3) is 0 Å². The molecule has 0 spiro atoms. The molecule has 1 N–H and O–H groups in total. The Labute approximate surface area is 119 Å². The predicted octanol–water partition coefficient (Wildman–Crippen LogP) is 0.390. The molecule has 1 aliphatic heterocycles. The Balaban J connectivity index is 2.37. The highest BCUT2D eigenvalue weighted by atomic mass is 16.6. The summed E-state index contributed by atoms with van der Waals surface area (Å²) < 4.78 is 0. The molecule has 1 heterocycles. The number of nitrogens with zero attached hydrogens (tertiary/aromatic N) is 2. The summed E-state index contributed by atoms with van der Waals surface area (Å²) in [6, 6.07) is 3.15. The number of nitro benzene ring substituents is 1. The van der Waals surface area contributed by atoms with Crippen molar-refractivity contribution in [2.45, 2.75) is 19.9 Å². The van der Waals surface area contributed by atoms with Crippen LogP contribution in [0.3, 0.4) is 0 Å². The van der Waals surface area contributed by atoms with Gasteiger partial charge in [0, 0.05) is 17.7 Å². The lowest BCUT2D eigenvalue weighted by atomic mass is 10.1. The average molecular weight is 291 g/mol. The topological polar surface area (TPSA) is 110 Å². The van der Waals surface area contributed by atoms with Gasteiger partial charge in [-0.25, -0.2) is 0 Å². The van der Waals surface area contributed by atoms with Crippen LogP contribution in [0, 0.1) is 17.0 Å². The maximum absolute atomic E-state index is 12.4. The molecule has 21 heavy (non-hydrogen) atoms. The minimum atomic E-state index is -0.810. The molecule has 1 aromatic rings. The van der Waals surface area contributed by atoms with E-state index >= 15 is 0 Å². The third-order valence-corrected chi connectivity index (χ3v) is 3.20. The van der Waals surface area contributed by atoms with E-state index in [0.29, 0.717) is 5.56 Å². The number of carbonyl (C=O) groups is 3. The molecule has 1 unspecified atom stereocenters. The van der Waals surface area contributed by atoms with Crippen LogP contribution in [0.5, 0.6) is 0 Å². The number of nitro groups is 1. The van der Waals surface area contributed by atoms with Crippen LogP contribution in [-0.4, -0.2) is 40.1 Å². The van der Waals surface area contributed by atoms with E-state index in [1.807, 2.05) is 0 Å². The Bertz CT molecular complexity index is 655. The van der Waals surface area contributed by atoms with Gasteiger partial charge in [-0.05, 0) is 25.5 Å². The van der Waals surface area contributed by atoms with E-state index in [-0.39, 0.29) is 17.8 Å². The third-order valence-electron chi connectivity index (χ3n) is 3.20. The van der Waals surface area contributed by atoms with Crippen LogP contribution in [0.15, 0.2) is 18.2 Å². The maximum atomic E-state index is 12.4. The van der Waals surface area contributed by atoms with Crippen LogP contribution in [0.4, 0.5) is 5.69 Å². The van der Waals surface area contributed by atoms with E-state index in [0.717, 1.165) is 11.0 Å². The van der Waals surface area contributed by atoms with Gasteiger partial charge < -0.3 is 4.90 Å². The second kappa shape index (κ2) is 5.31. The first-order chi connectivity index (χ1) is 9.79.